The molecule has 2 amide bonds. The van der Waals surface area contributed by atoms with Gasteiger partial charge in [0.05, 0.1) is 10.6 Å². The molecule has 0 saturated carbocycles. The maximum atomic E-state index is 13.6. The van der Waals surface area contributed by atoms with E-state index in [1.165, 1.54) is 12.1 Å². The molecule has 0 bridgehead atoms. The third-order valence-electron chi connectivity index (χ3n) is 4.16. The average Bonchev–Trinajstić information content (AvgIpc) is 2.72. The summed E-state index contributed by atoms with van der Waals surface area (Å²) in [6.45, 7) is 2.41. The summed E-state index contributed by atoms with van der Waals surface area (Å²) >= 11 is 5.72. The second-order valence-corrected chi connectivity index (χ2v) is 7.31. The first-order chi connectivity index (χ1) is 15.0. The van der Waals surface area contributed by atoms with Crippen molar-refractivity contribution in [2.24, 2.45) is 5.92 Å². The first-order valence-corrected chi connectivity index (χ1v) is 9.53. The second-order valence-electron chi connectivity index (χ2n) is 6.90. The first-order valence-electron chi connectivity index (χ1n) is 9.16. The highest BCUT2D eigenvalue weighted by Gasteiger charge is 2.28. The van der Waals surface area contributed by atoms with Crippen molar-refractivity contribution in [3.05, 3.63) is 68.7 Å². The molecular formula is C20H18ClF2N3O6. The lowest BCUT2D eigenvalue weighted by atomic mass is 10.0. The smallest absolute Gasteiger partial charge is 0.329 e. The SMILES string of the molecule is CC(C)C(NC(=O)c1ccc(Cl)c([N+](=O)[O-])c1)C(=O)OCC(=O)Nc1ccc(F)cc1F. The maximum Gasteiger partial charge on any atom is 0.329 e. The molecule has 0 fully saturated rings. The van der Waals surface area contributed by atoms with Crippen molar-refractivity contribution < 1.29 is 32.8 Å². The number of nitrogens with one attached hydrogen (secondary N) is 2. The second kappa shape index (κ2) is 10.6. The maximum absolute atomic E-state index is 13.6. The predicted molar refractivity (Wildman–Crippen MR) is 110 cm³/mol. The van der Waals surface area contributed by atoms with Gasteiger partial charge in [-0.3, -0.25) is 19.7 Å². The van der Waals surface area contributed by atoms with Crippen molar-refractivity contribution in [1.29, 1.82) is 0 Å². The van der Waals surface area contributed by atoms with Crippen molar-refractivity contribution in [2.45, 2.75) is 19.9 Å². The van der Waals surface area contributed by atoms with E-state index in [0.29, 0.717) is 6.07 Å². The first kappa shape index (κ1) is 24.7. The summed E-state index contributed by atoms with van der Waals surface area (Å²) in [5, 5.41) is 15.4. The van der Waals surface area contributed by atoms with E-state index in [2.05, 4.69) is 10.6 Å². The minimum Gasteiger partial charge on any atom is -0.454 e. The molecule has 2 N–H and O–H groups in total. The molecule has 170 valence electrons. The zero-order valence-electron chi connectivity index (χ0n) is 16.9. The number of nitrogens with zero attached hydrogens (tertiary/aromatic N) is 1. The highest BCUT2D eigenvalue weighted by atomic mass is 35.5. The third-order valence-corrected chi connectivity index (χ3v) is 4.48. The molecule has 0 spiro atoms. The number of benzene rings is 2. The molecule has 0 radical (unpaired) electrons. The number of nitro groups is 1. The highest BCUT2D eigenvalue weighted by Crippen LogP contribution is 2.25. The lowest BCUT2D eigenvalue weighted by Crippen LogP contribution is -2.46. The molecule has 0 aliphatic heterocycles. The minimum atomic E-state index is -1.19. The van der Waals surface area contributed by atoms with E-state index in [0.717, 1.165) is 18.2 Å². The number of amides is 2. The van der Waals surface area contributed by atoms with Gasteiger partial charge in [-0.05, 0) is 30.2 Å². The number of ether oxygens (including phenoxy) is 1. The Kier molecular flexibility index (Phi) is 8.19. The van der Waals surface area contributed by atoms with Gasteiger partial charge in [0.2, 0.25) is 0 Å². The van der Waals surface area contributed by atoms with Crippen LogP contribution in [0.3, 0.4) is 0 Å². The third kappa shape index (κ3) is 6.45. The van der Waals surface area contributed by atoms with Crippen molar-refractivity contribution in [3.63, 3.8) is 0 Å². The van der Waals surface area contributed by atoms with Gasteiger partial charge in [-0.15, -0.1) is 0 Å². The molecule has 2 aromatic carbocycles. The fourth-order valence-electron chi connectivity index (χ4n) is 2.52. The van der Waals surface area contributed by atoms with Crippen LogP contribution >= 0.6 is 11.6 Å². The van der Waals surface area contributed by atoms with E-state index in [9.17, 15) is 33.3 Å². The van der Waals surface area contributed by atoms with Gasteiger partial charge in [-0.25, -0.2) is 13.6 Å². The van der Waals surface area contributed by atoms with Crippen LogP contribution in [0.1, 0.15) is 24.2 Å². The fraction of sp³-hybridized carbons (Fsp3) is 0.250. The topological polar surface area (TPSA) is 128 Å². The summed E-state index contributed by atoms with van der Waals surface area (Å²) in [6.07, 6.45) is 0. The Hall–Kier alpha value is -3.60. The van der Waals surface area contributed by atoms with Crippen LogP contribution in [0.25, 0.3) is 0 Å². The van der Waals surface area contributed by atoms with Crippen molar-refractivity contribution in [2.75, 3.05) is 11.9 Å². The number of esters is 1. The molecule has 2 aromatic rings. The summed E-state index contributed by atoms with van der Waals surface area (Å²) in [6, 6.07) is 4.72. The zero-order valence-corrected chi connectivity index (χ0v) is 17.6. The van der Waals surface area contributed by atoms with Gasteiger partial charge in [0.1, 0.15) is 22.7 Å². The summed E-state index contributed by atoms with van der Waals surface area (Å²) in [4.78, 5) is 47.0. The van der Waals surface area contributed by atoms with Crippen molar-refractivity contribution in [3.8, 4) is 0 Å². The molecule has 0 heterocycles. The molecule has 32 heavy (non-hydrogen) atoms. The highest BCUT2D eigenvalue weighted by molar-refractivity contribution is 6.32. The van der Waals surface area contributed by atoms with E-state index in [4.69, 9.17) is 16.3 Å². The van der Waals surface area contributed by atoms with Crippen molar-refractivity contribution >= 4 is 40.8 Å². The number of carbonyl (C=O) groups excluding carboxylic acids is 3. The van der Waals surface area contributed by atoms with Gasteiger partial charge in [-0.1, -0.05) is 25.4 Å². The van der Waals surface area contributed by atoms with E-state index < -0.39 is 58.6 Å². The van der Waals surface area contributed by atoms with Gasteiger partial charge in [0, 0.05) is 17.7 Å². The van der Waals surface area contributed by atoms with Gasteiger partial charge in [-0.2, -0.15) is 0 Å². The number of nitro benzene ring substituents is 1. The lowest BCUT2D eigenvalue weighted by molar-refractivity contribution is -0.384. The Labute approximate surface area is 185 Å². The van der Waals surface area contributed by atoms with E-state index >= 15 is 0 Å². The van der Waals surface area contributed by atoms with Gasteiger partial charge >= 0.3 is 5.97 Å². The lowest BCUT2D eigenvalue weighted by Gasteiger charge is -2.20. The molecule has 2 rings (SSSR count). The molecule has 1 atom stereocenters. The molecule has 0 aliphatic carbocycles. The molecule has 0 aromatic heterocycles. The molecule has 9 nitrogen and oxygen atoms in total. The number of hydrogen-bond donors (Lipinski definition) is 2. The number of carbonyl (C=O) groups is 3. The van der Waals surface area contributed by atoms with Gasteiger partial charge < -0.3 is 15.4 Å². The summed E-state index contributed by atoms with van der Waals surface area (Å²) < 4.78 is 31.4. The average molecular weight is 470 g/mol. The monoisotopic (exact) mass is 469 g/mol. The van der Waals surface area contributed by atoms with Crippen LogP contribution in [0.15, 0.2) is 36.4 Å². The number of hydrogen-bond acceptors (Lipinski definition) is 6. The van der Waals surface area contributed by atoms with Crippen LogP contribution in [0.2, 0.25) is 5.02 Å². The van der Waals surface area contributed by atoms with Crippen LogP contribution in [-0.4, -0.2) is 35.4 Å². The van der Waals surface area contributed by atoms with Crippen LogP contribution < -0.4 is 10.6 Å². The van der Waals surface area contributed by atoms with Crippen LogP contribution in [-0.2, 0) is 14.3 Å². The van der Waals surface area contributed by atoms with Crippen LogP contribution in [0.4, 0.5) is 20.2 Å². The molecule has 1 unspecified atom stereocenters. The Balaban J connectivity index is 2.01. The molecular weight excluding hydrogens is 452 g/mol. The Morgan fingerprint density at radius 3 is 2.44 bits per heavy atom. The Morgan fingerprint density at radius 1 is 1.16 bits per heavy atom. The van der Waals surface area contributed by atoms with E-state index in [-0.39, 0.29) is 16.3 Å². The van der Waals surface area contributed by atoms with E-state index in [1.807, 2.05) is 0 Å². The molecule has 0 saturated heterocycles. The fourth-order valence-corrected chi connectivity index (χ4v) is 2.71. The quantitative estimate of drug-likeness (QED) is 0.346. The number of rotatable bonds is 8. The predicted octanol–water partition coefficient (Wildman–Crippen LogP) is 3.46. The number of anilines is 1. The Morgan fingerprint density at radius 2 is 1.84 bits per heavy atom. The van der Waals surface area contributed by atoms with Crippen LogP contribution in [0.5, 0.6) is 0 Å². The zero-order chi connectivity index (χ0) is 24.0. The standard InChI is InChI=1S/C20H18ClF2N3O6/c1-10(2)18(25-19(28)11-3-5-13(21)16(7-11)26(30)31)20(29)32-9-17(27)24-15-6-4-12(22)8-14(15)23/h3-8,10,18H,9H2,1-2H3,(H,24,27)(H,25,28). The molecule has 0 aliphatic rings. The number of halogens is 3. The largest absolute Gasteiger partial charge is 0.454 e. The van der Waals surface area contributed by atoms with Crippen LogP contribution in [0, 0.1) is 27.7 Å². The van der Waals surface area contributed by atoms with E-state index in [1.54, 1.807) is 13.8 Å². The summed E-state index contributed by atoms with van der Waals surface area (Å²) in [5.74, 6) is -4.93. The van der Waals surface area contributed by atoms with Gasteiger partial charge in [0.15, 0.2) is 6.61 Å². The van der Waals surface area contributed by atoms with Crippen molar-refractivity contribution in [1.82, 2.24) is 5.32 Å². The van der Waals surface area contributed by atoms with Gasteiger partial charge in [0.25, 0.3) is 17.5 Å². The summed E-state index contributed by atoms with van der Waals surface area (Å²) in [7, 11) is 0. The molecule has 12 heteroatoms. The summed E-state index contributed by atoms with van der Waals surface area (Å²) in [5.41, 5.74) is -0.887. The normalized spacial score (nSPS) is 11.6. The minimum absolute atomic E-state index is 0.107. The Bertz CT molecular complexity index is 1060.